The van der Waals surface area contributed by atoms with Gasteiger partial charge >= 0.3 is 5.97 Å². The Balaban J connectivity index is 1.82. The number of carbonyl (C=O) groups excluding carboxylic acids is 1. The van der Waals surface area contributed by atoms with Crippen LogP contribution < -0.4 is 4.98 Å². The van der Waals surface area contributed by atoms with Gasteiger partial charge in [-0.1, -0.05) is 48.5 Å². The number of pyridine rings is 1. The van der Waals surface area contributed by atoms with E-state index in [9.17, 15) is 4.79 Å². The average Bonchev–Trinajstić information content (AvgIpc) is 2.53. The summed E-state index contributed by atoms with van der Waals surface area (Å²) in [6, 6.07) is 19.3. The second kappa shape index (κ2) is 5.53. The summed E-state index contributed by atoms with van der Waals surface area (Å²) in [6.45, 7) is 0.275. The van der Waals surface area contributed by atoms with E-state index in [1.807, 2.05) is 60.7 Å². The number of H-pyrrole nitrogens is 1. The number of hydrogen-bond acceptors (Lipinski definition) is 2. The van der Waals surface area contributed by atoms with E-state index in [-0.39, 0.29) is 12.6 Å². The number of aromatic nitrogens is 1. The Morgan fingerprint density at radius 2 is 1.70 bits per heavy atom. The van der Waals surface area contributed by atoms with Gasteiger partial charge < -0.3 is 4.74 Å². The molecule has 2 aromatic carbocycles. The van der Waals surface area contributed by atoms with Gasteiger partial charge in [-0.05, 0) is 17.0 Å². The number of hydrogen-bond donors (Lipinski definition) is 0. The SMILES string of the molecule is O=C(OCc1ccccc1)c1[nH+]ccc2ccccc12. The van der Waals surface area contributed by atoms with Gasteiger partial charge in [0.1, 0.15) is 6.61 Å². The number of nitrogens with one attached hydrogen (secondary N) is 1. The van der Waals surface area contributed by atoms with Crippen LogP contribution in [0.5, 0.6) is 0 Å². The van der Waals surface area contributed by atoms with E-state index in [1.54, 1.807) is 6.20 Å². The molecule has 0 bridgehead atoms. The van der Waals surface area contributed by atoms with Crippen LogP contribution in [-0.4, -0.2) is 5.97 Å². The minimum absolute atomic E-state index is 0.275. The zero-order valence-electron chi connectivity index (χ0n) is 10.9. The lowest BCUT2D eigenvalue weighted by molar-refractivity contribution is -0.381. The summed E-state index contributed by atoms with van der Waals surface area (Å²) in [5, 5.41) is 1.88. The van der Waals surface area contributed by atoms with Crippen molar-refractivity contribution in [3.05, 3.63) is 78.1 Å². The maximum atomic E-state index is 12.2. The topological polar surface area (TPSA) is 40.4 Å². The Labute approximate surface area is 116 Å². The van der Waals surface area contributed by atoms with E-state index in [0.717, 1.165) is 16.3 Å². The van der Waals surface area contributed by atoms with Crippen LogP contribution in [0.25, 0.3) is 10.8 Å². The van der Waals surface area contributed by atoms with Gasteiger partial charge in [-0.2, -0.15) is 0 Å². The van der Waals surface area contributed by atoms with Crippen molar-refractivity contribution in [2.75, 3.05) is 0 Å². The highest BCUT2D eigenvalue weighted by Gasteiger charge is 2.18. The van der Waals surface area contributed by atoms with E-state index in [0.29, 0.717) is 5.69 Å². The summed E-state index contributed by atoms with van der Waals surface area (Å²) in [5.41, 5.74) is 1.46. The molecule has 0 unspecified atom stereocenters. The summed E-state index contributed by atoms with van der Waals surface area (Å²) in [4.78, 5) is 15.2. The molecule has 3 rings (SSSR count). The summed E-state index contributed by atoms with van der Waals surface area (Å²) in [6.07, 6.45) is 1.75. The van der Waals surface area contributed by atoms with E-state index >= 15 is 0 Å². The molecule has 0 atom stereocenters. The van der Waals surface area contributed by atoms with Crippen molar-refractivity contribution in [1.82, 2.24) is 0 Å². The van der Waals surface area contributed by atoms with Gasteiger partial charge in [0.2, 0.25) is 0 Å². The Morgan fingerprint density at radius 3 is 2.55 bits per heavy atom. The molecule has 0 fully saturated rings. The van der Waals surface area contributed by atoms with Crippen LogP contribution in [0.1, 0.15) is 16.1 Å². The van der Waals surface area contributed by atoms with Crippen LogP contribution in [0.4, 0.5) is 0 Å². The zero-order valence-corrected chi connectivity index (χ0v) is 10.9. The highest BCUT2D eigenvalue weighted by Crippen LogP contribution is 2.15. The van der Waals surface area contributed by atoms with Crippen LogP contribution in [0.15, 0.2) is 66.9 Å². The van der Waals surface area contributed by atoms with E-state index in [4.69, 9.17) is 4.74 Å². The third-order valence-corrected chi connectivity index (χ3v) is 3.14. The zero-order chi connectivity index (χ0) is 13.8. The van der Waals surface area contributed by atoms with Crippen molar-refractivity contribution in [2.45, 2.75) is 6.61 Å². The fourth-order valence-electron chi connectivity index (χ4n) is 2.13. The number of benzene rings is 2. The normalized spacial score (nSPS) is 10.4. The molecule has 3 nitrogen and oxygen atoms in total. The quantitative estimate of drug-likeness (QED) is 0.682. The molecule has 1 N–H and O–H groups in total. The molecule has 0 amide bonds. The van der Waals surface area contributed by atoms with Gasteiger partial charge in [-0.15, -0.1) is 0 Å². The second-order valence-corrected chi connectivity index (χ2v) is 4.50. The minimum Gasteiger partial charge on any atom is -0.453 e. The van der Waals surface area contributed by atoms with Crippen LogP contribution in [-0.2, 0) is 11.3 Å². The highest BCUT2D eigenvalue weighted by molar-refractivity contribution is 6.00. The van der Waals surface area contributed by atoms with E-state index in [2.05, 4.69) is 4.98 Å². The molecule has 98 valence electrons. The largest absolute Gasteiger partial charge is 0.453 e. The van der Waals surface area contributed by atoms with Crippen molar-refractivity contribution in [3.63, 3.8) is 0 Å². The van der Waals surface area contributed by atoms with Gasteiger partial charge in [0, 0.05) is 6.07 Å². The lowest BCUT2D eigenvalue weighted by Gasteiger charge is -2.03. The molecule has 20 heavy (non-hydrogen) atoms. The monoisotopic (exact) mass is 264 g/mol. The lowest BCUT2D eigenvalue weighted by atomic mass is 10.1. The molecule has 0 saturated heterocycles. The molecule has 0 saturated carbocycles. The lowest BCUT2D eigenvalue weighted by Crippen LogP contribution is -2.19. The molecule has 0 aliphatic heterocycles. The van der Waals surface area contributed by atoms with Crippen LogP contribution >= 0.6 is 0 Å². The molecule has 0 aliphatic carbocycles. The first kappa shape index (κ1) is 12.4. The van der Waals surface area contributed by atoms with Crippen LogP contribution in [0.3, 0.4) is 0 Å². The number of rotatable bonds is 3. The molecule has 0 spiro atoms. The molecule has 1 heterocycles. The van der Waals surface area contributed by atoms with Gasteiger partial charge in [-0.25, -0.2) is 9.78 Å². The van der Waals surface area contributed by atoms with Gasteiger partial charge in [0.05, 0.1) is 5.39 Å². The average molecular weight is 264 g/mol. The van der Waals surface area contributed by atoms with Crippen molar-refractivity contribution in [2.24, 2.45) is 0 Å². The molecule has 0 radical (unpaired) electrons. The maximum absolute atomic E-state index is 12.2. The number of ether oxygens (including phenoxy) is 1. The Hall–Kier alpha value is -2.68. The first-order chi connectivity index (χ1) is 9.84. The van der Waals surface area contributed by atoms with Gasteiger partial charge in [0.25, 0.3) is 5.69 Å². The third-order valence-electron chi connectivity index (χ3n) is 3.14. The van der Waals surface area contributed by atoms with Gasteiger partial charge in [-0.3, -0.25) is 0 Å². The summed E-state index contributed by atoms with van der Waals surface area (Å²) >= 11 is 0. The van der Waals surface area contributed by atoms with Crippen LogP contribution in [0.2, 0.25) is 0 Å². The fraction of sp³-hybridized carbons (Fsp3) is 0.0588. The standard InChI is InChI=1S/C17H13NO2/c19-17(20-12-13-6-2-1-3-7-13)16-15-9-5-4-8-14(15)10-11-18-16/h1-11H,12H2/p+1. The number of fused-ring (bicyclic) bond motifs is 1. The Morgan fingerprint density at radius 1 is 0.950 bits per heavy atom. The number of esters is 1. The number of carbonyl (C=O) groups is 1. The van der Waals surface area contributed by atoms with E-state index < -0.39 is 0 Å². The molecule has 1 aromatic heterocycles. The molecular weight excluding hydrogens is 250 g/mol. The van der Waals surface area contributed by atoms with Crippen LogP contribution in [0, 0.1) is 0 Å². The molecule has 3 heteroatoms. The second-order valence-electron chi connectivity index (χ2n) is 4.50. The number of aromatic amines is 1. The maximum Gasteiger partial charge on any atom is 0.404 e. The highest BCUT2D eigenvalue weighted by atomic mass is 16.5. The third kappa shape index (κ3) is 2.52. The molecule has 3 aromatic rings. The van der Waals surface area contributed by atoms with Crippen molar-refractivity contribution in [3.8, 4) is 0 Å². The predicted molar refractivity (Wildman–Crippen MR) is 76.1 cm³/mol. The van der Waals surface area contributed by atoms with Crippen molar-refractivity contribution >= 4 is 16.7 Å². The molecular formula is C17H14NO2+. The Bertz CT molecular complexity index is 733. The van der Waals surface area contributed by atoms with Crippen molar-refractivity contribution < 1.29 is 14.5 Å². The predicted octanol–water partition coefficient (Wildman–Crippen LogP) is 3.01. The first-order valence-electron chi connectivity index (χ1n) is 6.45. The Kier molecular flexibility index (Phi) is 3.42. The smallest absolute Gasteiger partial charge is 0.404 e. The molecule has 0 aliphatic rings. The fourth-order valence-corrected chi connectivity index (χ4v) is 2.13. The summed E-state index contributed by atoms with van der Waals surface area (Å²) < 4.78 is 5.35. The minimum atomic E-state index is -0.342. The summed E-state index contributed by atoms with van der Waals surface area (Å²) in [7, 11) is 0. The van der Waals surface area contributed by atoms with Crippen molar-refractivity contribution in [1.29, 1.82) is 0 Å². The first-order valence-corrected chi connectivity index (χ1v) is 6.45. The van der Waals surface area contributed by atoms with E-state index in [1.165, 1.54) is 0 Å². The van der Waals surface area contributed by atoms with Gasteiger partial charge in [0.15, 0.2) is 6.20 Å². The summed E-state index contributed by atoms with van der Waals surface area (Å²) in [5.74, 6) is -0.342.